The number of hydrogen-bond acceptors (Lipinski definition) is 3. The van der Waals surface area contributed by atoms with E-state index < -0.39 is 12.0 Å². The Morgan fingerprint density at radius 1 is 1.73 bits per heavy atom. The number of hydrogen-bond donors (Lipinski definition) is 3. The number of aliphatic carboxylic acids is 1. The second-order valence-corrected chi connectivity index (χ2v) is 2.48. The summed E-state index contributed by atoms with van der Waals surface area (Å²) in [6.07, 6.45) is 1.52. The fraction of sp³-hybridized carbons (Fsp3) is 0.500. The zero-order valence-corrected chi connectivity index (χ0v) is 6.58. The molecule has 0 fully saturated rings. The van der Waals surface area contributed by atoms with E-state index in [0.717, 1.165) is 0 Å². The summed E-state index contributed by atoms with van der Waals surface area (Å²) in [5, 5.41) is 16.9. The SMILES string of the molecule is N[C@@H](C/C=C(\Cl)CO)C(=O)O. The summed E-state index contributed by atoms with van der Waals surface area (Å²) in [6, 6.07) is -0.949. The number of carboxylic acid groups (broad SMARTS) is 1. The van der Waals surface area contributed by atoms with Gasteiger partial charge in [0, 0.05) is 5.03 Å². The van der Waals surface area contributed by atoms with Crippen molar-refractivity contribution in [3.8, 4) is 0 Å². The zero-order valence-electron chi connectivity index (χ0n) is 5.83. The number of nitrogens with two attached hydrogens (primary N) is 1. The average Bonchev–Trinajstić information content (AvgIpc) is 1.99. The molecule has 11 heavy (non-hydrogen) atoms. The molecule has 1 atom stereocenters. The van der Waals surface area contributed by atoms with Gasteiger partial charge in [-0.3, -0.25) is 4.79 Å². The number of halogens is 1. The van der Waals surface area contributed by atoms with Crippen LogP contribution in [0.4, 0.5) is 0 Å². The Morgan fingerprint density at radius 3 is 2.64 bits per heavy atom. The summed E-state index contributed by atoms with van der Waals surface area (Å²) in [4.78, 5) is 10.1. The van der Waals surface area contributed by atoms with Crippen molar-refractivity contribution >= 4 is 17.6 Å². The molecule has 0 saturated carbocycles. The minimum absolute atomic E-state index is 0.134. The van der Waals surface area contributed by atoms with E-state index in [9.17, 15) is 4.79 Å². The highest BCUT2D eigenvalue weighted by Gasteiger charge is 2.08. The maximum atomic E-state index is 10.1. The fourth-order valence-corrected chi connectivity index (χ4v) is 0.509. The third-order valence-corrected chi connectivity index (χ3v) is 1.34. The Hall–Kier alpha value is -0.580. The Bertz CT molecular complexity index is 169. The first-order chi connectivity index (χ1) is 5.07. The number of carboxylic acids is 1. The molecule has 0 aliphatic heterocycles. The first kappa shape index (κ1) is 10.4. The Balaban J connectivity index is 3.78. The highest BCUT2D eigenvalue weighted by molar-refractivity contribution is 6.29. The molecule has 0 aromatic rings. The standard InChI is InChI=1S/C6H10ClNO3/c7-4(3-9)1-2-5(8)6(10)11/h1,5,9H,2-3,8H2,(H,10,11)/b4-1-/t5-/m0/s1. The van der Waals surface area contributed by atoms with Crippen molar-refractivity contribution in [2.45, 2.75) is 12.5 Å². The normalized spacial score (nSPS) is 14.6. The van der Waals surface area contributed by atoms with Crippen LogP contribution in [0, 0.1) is 0 Å². The molecule has 64 valence electrons. The zero-order chi connectivity index (χ0) is 8.85. The smallest absolute Gasteiger partial charge is 0.320 e. The molecular weight excluding hydrogens is 170 g/mol. The van der Waals surface area contributed by atoms with Crippen LogP contribution in [0.3, 0.4) is 0 Å². The number of aliphatic hydroxyl groups is 1. The predicted molar refractivity (Wildman–Crippen MR) is 41.3 cm³/mol. The van der Waals surface area contributed by atoms with Gasteiger partial charge in [0.15, 0.2) is 0 Å². The van der Waals surface area contributed by atoms with Crippen LogP contribution < -0.4 is 5.73 Å². The van der Waals surface area contributed by atoms with E-state index in [4.69, 9.17) is 27.5 Å². The first-order valence-electron chi connectivity index (χ1n) is 3.01. The molecule has 0 amide bonds. The summed E-state index contributed by atoms with van der Waals surface area (Å²) in [6.45, 7) is -0.284. The minimum Gasteiger partial charge on any atom is -0.480 e. The monoisotopic (exact) mass is 179 g/mol. The van der Waals surface area contributed by atoms with E-state index in [1.54, 1.807) is 0 Å². The summed E-state index contributed by atoms with van der Waals surface area (Å²) >= 11 is 5.38. The third-order valence-electron chi connectivity index (χ3n) is 1.06. The van der Waals surface area contributed by atoms with E-state index in [1.807, 2.05) is 0 Å². The largest absolute Gasteiger partial charge is 0.480 e. The second-order valence-electron chi connectivity index (χ2n) is 1.99. The van der Waals surface area contributed by atoms with E-state index in [0.29, 0.717) is 0 Å². The number of rotatable bonds is 4. The minimum atomic E-state index is -1.08. The maximum absolute atomic E-state index is 10.1. The quantitative estimate of drug-likeness (QED) is 0.563. The van der Waals surface area contributed by atoms with Crippen molar-refractivity contribution in [1.82, 2.24) is 0 Å². The molecule has 0 heterocycles. The topological polar surface area (TPSA) is 83.5 Å². The molecule has 0 spiro atoms. The van der Waals surface area contributed by atoms with Gasteiger partial charge < -0.3 is 15.9 Å². The van der Waals surface area contributed by atoms with Crippen molar-refractivity contribution in [3.63, 3.8) is 0 Å². The van der Waals surface area contributed by atoms with Crippen LogP contribution in [0.15, 0.2) is 11.1 Å². The highest BCUT2D eigenvalue weighted by atomic mass is 35.5. The molecule has 0 aromatic heterocycles. The Kier molecular flexibility index (Phi) is 4.85. The summed E-state index contributed by atoms with van der Waals surface area (Å²) in [5.41, 5.74) is 5.14. The second kappa shape index (κ2) is 5.12. The van der Waals surface area contributed by atoms with E-state index in [-0.39, 0.29) is 18.1 Å². The van der Waals surface area contributed by atoms with Crippen LogP contribution in [0.2, 0.25) is 0 Å². The highest BCUT2D eigenvalue weighted by Crippen LogP contribution is 2.02. The lowest BCUT2D eigenvalue weighted by Gasteiger charge is -2.00. The Labute approximate surface area is 69.3 Å². The van der Waals surface area contributed by atoms with Gasteiger partial charge in [0.1, 0.15) is 6.04 Å². The van der Waals surface area contributed by atoms with Gasteiger partial charge in [0.2, 0.25) is 0 Å². The predicted octanol–water partition coefficient (Wildman–Crippen LogP) is -0.0966. The first-order valence-corrected chi connectivity index (χ1v) is 3.39. The third kappa shape index (κ3) is 4.78. The lowest BCUT2D eigenvalue weighted by atomic mass is 10.2. The lowest BCUT2D eigenvalue weighted by Crippen LogP contribution is -2.29. The summed E-state index contributed by atoms with van der Waals surface area (Å²) in [7, 11) is 0. The van der Waals surface area contributed by atoms with Crippen molar-refractivity contribution in [2.75, 3.05) is 6.61 Å². The van der Waals surface area contributed by atoms with Gasteiger partial charge in [0.05, 0.1) is 6.61 Å². The van der Waals surface area contributed by atoms with Crippen molar-refractivity contribution < 1.29 is 15.0 Å². The molecule has 4 nitrogen and oxygen atoms in total. The van der Waals surface area contributed by atoms with Crippen LogP contribution in [-0.4, -0.2) is 28.8 Å². The van der Waals surface area contributed by atoms with Crippen LogP contribution in [0.1, 0.15) is 6.42 Å². The summed E-state index contributed by atoms with van der Waals surface area (Å²) in [5.74, 6) is -1.08. The van der Waals surface area contributed by atoms with Gasteiger partial charge in [-0.05, 0) is 6.42 Å². The van der Waals surface area contributed by atoms with Gasteiger partial charge in [-0.25, -0.2) is 0 Å². The molecule has 0 saturated heterocycles. The van der Waals surface area contributed by atoms with Gasteiger partial charge >= 0.3 is 5.97 Å². The van der Waals surface area contributed by atoms with Crippen molar-refractivity contribution in [2.24, 2.45) is 5.73 Å². The molecule has 0 aromatic carbocycles. The van der Waals surface area contributed by atoms with E-state index in [2.05, 4.69) is 0 Å². The molecule has 0 bridgehead atoms. The number of aliphatic hydroxyl groups excluding tert-OH is 1. The number of carbonyl (C=O) groups is 1. The Morgan fingerprint density at radius 2 is 2.27 bits per heavy atom. The molecule has 0 unspecified atom stereocenters. The van der Waals surface area contributed by atoms with E-state index >= 15 is 0 Å². The molecule has 0 aliphatic rings. The van der Waals surface area contributed by atoms with Gasteiger partial charge in [-0.2, -0.15) is 0 Å². The van der Waals surface area contributed by atoms with Gasteiger partial charge in [0.25, 0.3) is 0 Å². The van der Waals surface area contributed by atoms with Crippen LogP contribution in [0.5, 0.6) is 0 Å². The van der Waals surface area contributed by atoms with Crippen LogP contribution in [-0.2, 0) is 4.79 Å². The van der Waals surface area contributed by atoms with Crippen LogP contribution in [0.25, 0.3) is 0 Å². The summed E-state index contributed by atoms with van der Waals surface area (Å²) < 4.78 is 0. The van der Waals surface area contributed by atoms with Gasteiger partial charge in [-0.1, -0.05) is 17.7 Å². The maximum Gasteiger partial charge on any atom is 0.320 e. The molecule has 0 rings (SSSR count). The van der Waals surface area contributed by atoms with Crippen LogP contribution >= 0.6 is 11.6 Å². The average molecular weight is 180 g/mol. The molecule has 0 aliphatic carbocycles. The van der Waals surface area contributed by atoms with Crippen molar-refractivity contribution in [3.05, 3.63) is 11.1 Å². The molecular formula is C6H10ClNO3. The molecule has 4 N–H and O–H groups in total. The molecule has 0 radical (unpaired) electrons. The fourth-order valence-electron chi connectivity index (χ4n) is 0.420. The van der Waals surface area contributed by atoms with E-state index in [1.165, 1.54) is 6.08 Å². The molecule has 5 heteroatoms. The van der Waals surface area contributed by atoms with Gasteiger partial charge in [-0.15, -0.1) is 0 Å². The lowest BCUT2D eigenvalue weighted by molar-refractivity contribution is -0.138. The van der Waals surface area contributed by atoms with Crippen molar-refractivity contribution in [1.29, 1.82) is 0 Å².